The maximum atomic E-state index is 4.01. The zero-order chi connectivity index (χ0) is 12.3. The van der Waals surface area contributed by atoms with Gasteiger partial charge < -0.3 is 10.6 Å². The lowest BCUT2D eigenvalue weighted by Crippen LogP contribution is -2.67. The molecule has 1 heterocycles. The summed E-state index contributed by atoms with van der Waals surface area (Å²) in [4.78, 5) is 0. The fourth-order valence-corrected chi connectivity index (χ4v) is 4.89. The summed E-state index contributed by atoms with van der Waals surface area (Å²) < 4.78 is 0. The third-order valence-corrected chi connectivity index (χ3v) is 5.84. The first-order valence-electron chi connectivity index (χ1n) is 8.37. The van der Waals surface area contributed by atoms with Crippen LogP contribution < -0.4 is 10.6 Å². The van der Waals surface area contributed by atoms with Crippen LogP contribution in [0.2, 0.25) is 0 Å². The average Bonchev–Trinajstić information content (AvgIpc) is 2.50. The highest BCUT2D eigenvalue weighted by molar-refractivity contribution is 5.04. The Morgan fingerprint density at radius 2 is 1.22 bits per heavy atom. The van der Waals surface area contributed by atoms with E-state index in [-0.39, 0.29) is 0 Å². The minimum absolute atomic E-state index is 0.457. The first-order valence-corrected chi connectivity index (χ1v) is 8.37. The van der Waals surface area contributed by atoms with Crippen LogP contribution in [0.1, 0.15) is 64.2 Å². The van der Waals surface area contributed by atoms with E-state index in [2.05, 4.69) is 10.6 Å². The third-order valence-electron chi connectivity index (χ3n) is 5.84. The van der Waals surface area contributed by atoms with Crippen LogP contribution in [0, 0.1) is 11.8 Å². The van der Waals surface area contributed by atoms with Crippen LogP contribution in [0.5, 0.6) is 0 Å². The van der Waals surface area contributed by atoms with Crippen LogP contribution in [0.15, 0.2) is 0 Å². The minimum Gasteiger partial charge on any atom is -0.314 e. The van der Waals surface area contributed by atoms with Crippen molar-refractivity contribution in [1.82, 2.24) is 10.6 Å². The molecular weight excluding hydrogens is 220 g/mol. The summed E-state index contributed by atoms with van der Waals surface area (Å²) in [5.41, 5.74) is 0.457. The molecule has 3 fully saturated rings. The van der Waals surface area contributed by atoms with Crippen LogP contribution in [-0.2, 0) is 0 Å². The smallest absolute Gasteiger partial charge is 0.0363 e. The molecule has 2 N–H and O–H groups in total. The molecule has 2 heteroatoms. The van der Waals surface area contributed by atoms with Crippen molar-refractivity contribution in [3.8, 4) is 0 Å². The molecule has 2 aliphatic carbocycles. The zero-order valence-corrected chi connectivity index (χ0v) is 11.8. The van der Waals surface area contributed by atoms with Crippen LogP contribution >= 0.6 is 0 Å². The van der Waals surface area contributed by atoms with E-state index >= 15 is 0 Å². The summed E-state index contributed by atoms with van der Waals surface area (Å²) >= 11 is 0. The zero-order valence-electron chi connectivity index (χ0n) is 11.8. The molecule has 0 aromatic carbocycles. The van der Waals surface area contributed by atoms with Gasteiger partial charge in [0.05, 0.1) is 0 Å². The highest BCUT2D eigenvalue weighted by Gasteiger charge is 2.45. The van der Waals surface area contributed by atoms with E-state index in [0.29, 0.717) is 5.54 Å². The Hall–Kier alpha value is -0.0800. The van der Waals surface area contributed by atoms with Gasteiger partial charge in [0.15, 0.2) is 0 Å². The maximum absolute atomic E-state index is 4.01. The Morgan fingerprint density at radius 3 is 1.67 bits per heavy atom. The summed E-state index contributed by atoms with van der Waals surface area (Å²) in [5, 5.41) is 7.72. The van der Waals surface area contributed by atoms with Crippen LogP contribution in [-0.4, -0.2) is 25.2 Å². The van der Waals surface area contributed by atoms with Crippen molar-refractivity contribution in [2.45, 2.75) is 69.7 Å². The van der Waals surface area contributed by atoms with Gasteiger partial charge in [-0.05, 0) is 37.5 Å². The minimum atomic E-state index is 0.457. The Kier molecular flexibility index (Phi) is 4.25. The summed E-state index contributed by atoms with van der Waals surface area (Å²) in [6.07, 6.45) is 14.8. The standard InChI is InChI=1S/C16H30N2/c1-3-7-14(8-4-1)16(13-17-11-12-18-16)15-9-5-2-6-10-15/h14-15,17-18H,1-13H2. The van der Waals surface area contributed by atoms with Crippen molar-refractivity contribution >= 4 is 0 Å². The number of nitrogens with one attached hydrogen (secondary N) is 2. The molecule has 0 spiro atoms. The second kappa shape index (κ2) is 5.92. The fourth-order valence-electron chi connectivity index (χ4n) is 4.89. The van der Waals surface area contributed by atoms with E-state index in [9.17, 15) is 0 Å². The van der Waals surface area contributed by atoms with Gasteiger partial charge in [0.2, 0.25) is 0 Å². The molecule has 1 saturated heterocycles. The van der Waals surface area contributed by atoms with Crippen molar-refractivity contribution < 1.29 is 0 Å². The molecule has 0 amide bonds. The van der Waals surface area contributed by atoms with Crippen LogP contribution in [0.4, 0.5) is 0 Å². The van der Waals surface area contributed by atoms with Crippen molar-refractivity contribution in [3.63, 3.8) is 0 Å². The van der Waals surface area contributed by atoms with E-state index in [1.54, 1.807) is 0 Å². The maximum Gasteiger partial charge on any atom is 0.0363 e. The first kappa shape index (κ1) is 12.9. The van der Waals surface area contributed by atoms with Gasteiger partial charge in [0, 0.05) is 25.2 Å². The average molecular weight is 250 g/mol. The van der Waals surface area contributed by atoms with Crippen molar-refractivity contribution in [2.24, 2.45) is 11.8 Å². The predicted molar refractivity (Wildman–Crippen MR) is 76.8 cm³/mol. The van der Waals surface area contributed by atoms with Gasteiger partial charge in [0.25, 0.3) is 0 Å². The molecule has 3 rings (SSSR count). The number of hydrogen-bond donors (Lipinski definition) is 2. The molecule has 0 aromatic rings. The van der Waals surface area contributed by atoms with Crippen molar-refractivity contribution in [1.29, 1.82) is 0 Å². The van der Waals surface area contributed by atoms with Gasteiger partial charge in [-0.2, -0.15) is 0 Å². The molecule has 1 aliphatic heterocycles. The van der Waals surface area contributed by atoms with E-state index < -0.39 is 0 Å². The molecule has 0 unspecified atom stereocenters. The second-order valence-corrected chi connectivity index (χ2v) is 6.81. The van der Waals surface area contributed by atoms with Crippen molar-refractivity contribution in [3.05, 3.63) is 0 Å². The third kappa shape index (κ3) is 2.46. The molecule has 2 saturated carbocycles. The number of hydrogen-bond acceptors (Lipinski definition) is 2. The van der Waals surface area contributed by atoms with Gasteiger partial charge in [-0.15, -0.1) is 0 Å². The van der Waals surface area contributed by atoms with Gasteiger partial charge in [-0.25, -0.2) is 0 Å². The quantitative estimate of drug-likeness (QED) is 0.787. The predicted octanol–water partition coefficient (Wildman–Crippen LogP) is 3.08. The topological polar surface area (TPSA) is 24.1 Å². The van der Waals surface area contributed by atoms with Crippen LogP contribution in [0.3, 0.4) is 0 Å². The Balaban J connectivity index is 1.77. The highest BCUT2D eigenvalue weighted by atomic mass is 15.1. The van der Waals surface area contributed by atoms with Gasteiger partial charge in [-0.1, -0.05) is 38.5 Å². The summed E-state index contributed by atoms with van der Waals surface area (Å²) in [5.74, 6) is 1.89. The molecular formula is C16H30N2. The van der Waals surface area contributed by atoms with Gasteiger partial charge in [-0.3, -0.25) is 0 Å². The Morgan fingerprint density at radius 1 is 0.667 bits per heavy atom. The number of rotatable bonds is 2. The molecule has 2 nitrogen and oxygen atoms in total. The Labute approximate surface area is 112 Å². The summed E-state index contributed by atoms with van der Waals surface area (Å²) in [6, 6.07) is 0. The largest absolute Gasteiger partial charge is 0.314 e. The van der Waals surface area contributed by atoms with E-state index in [1.165, 1.54) is 83.8 Å². The lowest BCUT2D eigenvalue weighted by atomic mass is 9.63. The Bertz CT molecular complexity index is 226. The highest BCUT2D eigenvalue weighted by Crippen LogP contribution is 2.43. The lowest BCUT2D eigenvalue weighted by Gasteiger charge is -2.52. The molecule has 0 aromatic heterocycles. The summed E-state index contributed by atoms with van der Waals surface area (Å²) in [6.45, 7) is 3.59. The molecule has 0 atom stereocenters. The molecule has 18 heavy (non-hydrogen) atoms. The first-order chi connectivity index (χ1) is 8.92. The molecule has 3 aliphatic rings. The number of piperazine rings is 1. The molecule has 0 radical (unpaired) electrons. The normalized spacial score (nSPS) is 31.3. The fraction of sp³-hybridized carbons (Fsp3) is 1.00. The summed E-state index contributed by atoms with van der Waals surface area (Å²) in [7, 11) is 0. The second-order valence-electron chi connectivity index (χ2n) is 6.81. The van der Waals surface area contributed by atoms with Gasteiger partial charge >= 0.3 is 0 Å². The van der Waals surface area contributed by atoms with Crippen molar-refractivity contribution in [2.75, 3.05) is 19.6 Å². The SMILES string of the molecule is C1CCC(C2(C3CCCCC3)CNCCN2)CC1. The van der Waals surface area contributed by atoms with Gasteiger partial charge in [0.1, 0.15) is 0 Å². The lowest BCUT2D eigenvalue weighted by molar-refractivity contribution is 0.0551. The van der Waals surface area contributed by atoms with Crippen LogP contribution in [0.25, 0.3) is 0 Å². The van der Waals surface area contributed by atoms with E-state index in [1.807, 2.05) is 0 Å². The van der Waals surface area contributed by atoms with E-state index in [0.717, 1.165) is 11.8 Å². The molecule has 104 valence electrons. The van der Waals surface area contributed by atoms with E-state index in [4.69, 9.17) is 0 Å². The monoisotopic (exact) mass is 250 g/mol. The molecule has 0 bridgehead atoms.